The van der Waals surface area contributed by atoms with Crippen LogP contribution >= 0.6 is 0 Å². The van der Waals surface area contributed by atoms with E-state index < -0.39 is 11.9 Å². The summed E-state index contributed by atoms with van der Waals surface area (Å²) in [7, 11) is 0. The van der Waals surface area contributed by atoms with Gasteiger partial charge in [0.25, 0.3) is 0 Å². The lowest BCUT2D eigenvalue weighted by atomic mass is 10.1. The highest BCUT2D eigenvalue weighted by molar-refractivity contribution is 6.27. The number of terminal acetylenes is 1. The van der Waals surface area contributed by atoms with Crippen molar-refractivity contribution in [2.75, 3.05) is 13.2 Å². The van der Waals surface area contributed by atoms with Gasteiger partial charge in [-0.1, -0.05) is 41.8 Å². The van der Waals surface area contributed by atoms with Gasteiger partial charge in [-0.15, -0.1) is 6.42 Å². The summed E-state index contributed by atoms with van der Waals surface area (Å²) in [4.78, 5) is 18.2. The molecule has 0 fully saturated rings. The molecule has 0 aromatic heterocycles. The Bertz CT molecular complexity index is 827. The van der Waals surface area contributed by atoms with E-state index in [1.807, 2.05) is 25.1 Å². The van der Waals surface area contributed by atoms with E-state index in [4.69, 9.17) is 35.7 Å². The number of aryl methyl sites for hydroxylation is 1. The molecule has 2 rings (SSSR count). The van der Waals surface area contributed by atoms with E-state index in [1.54, 1.807) is 0 Å². The van der Waals surface area contributed by atoms with Gasteiger partial charge in [-0.2, -0.15) is 0 Å². The number of aliphatic carboxylic acids is 2. The largest absolute Gasteiger partial charge is 0.490 e. The average molecular weight is 399 g/mol. The smallest absolute Gasteiger partial charge is 0.414 e. The predicted octanol–water partition coefficient (Wildman–Crippen LogP) is 2.85. The van der Waals surface area contributed by atoms with E-state index in [1.165, 1.54) is 11.1 Å². The van der Waals surface area contributed by atoms with Crippen molar-refractivity contribution in [1.82, 2.24) is 5.32 Å². The summed E-state index contributed by atoms with van der Waals surface area (Å²) in [5.41, 5.74) is 3.70. The highest BCUT2D eigenvalue weighted by Crippen LogP contribution is 2.28. The third-order valence-corrected chi connectivity index (χ3v) is 3.58. The first-order chi connectivity index (χ1) is 13.9. The van der Waals surface area contributed by atoms with Gasteiger partial charge in [0.1, 0.15) is 6.61 Å². The summed E-state index contributed by atoms with van der Waals surface area (Å²) in [6, 6.07) is 14.5. The molecular weight excluding hydrogens is 374 g/mol. The fourth-order valence-corrected chi connectivity index (χ4v) is 2.23. The van der Waals surface area contributed by atoms with Gasteiger partial charge in [-0.3, -0.25) is 0 Å². The van der Waals surface area contributed by atoms with Gasteiger partial charge in [0.05, 0.1) is 6.61 Å². The van der Waals surface area contributed by atoms with Crippen LogP contribution in [0.5, 0.6) is 11.5 Å². The molecule has 0 unspecified atom stereocenters. The van der Waals surface area contributed by atoms with Crippen molar-refractivity contribution in [3.63, 3.8) is 0 Å². The quantitative estimate of drug-likeness (QED) is 0.463. The first-order valence-electron chi connectivity index (χ1n) is 8.91. The van der Waals surface area contributed by atoms with Crippen LogP contribution in [0.2, 0.25) is 0 Å². The van der Waals surface area contributed by atoms with Crippen LogP contribution in [0.15, 0.2) is 42.5 Å². The van der Waals surface area contributed by atoms with Gasteiger partial charge in [-0.25, -0.2) is 9.59 Å². The van der Waals surface area contributed by atoms with Crippen LogP contribution < -0.4 is 14.8 Å². The summed E-state index contributed by atoms with van der Waals surface area (Å²) < 4.78 is 11.1. The molecule has 0 atom stereocenters. The Kier molecular flexibility index (Phi) is 10.4. The molecule has 0 aliphatic rings. The monoisotopic (exact) mass is 399 g/mol. The number of hydrogen-bond acceptors (Lipinski definition) is 5. The number of carboxylic acids is 2. The lowest BCUT2D eigenvalue weighted by molar-refractivity contribution is -0.159. The van der Waals surface area contributed by atoms with Crippen molar-refractivity contribution in [1.29, 1.82) is 0 Å². The van der Waals surface area contributed by atoms with Gasteiger partial charge in [0.15, 0.2) is 11.5 Å². The minimum absolute atomic E-state index is 0.241. The van der Waals surface area contributed by atoms with Gasteiger partial charge in [-0.05, 0) is 37.1 Å². The molecule has 3 N–H and O–H groups in total. The Labute approximate surface area is 170 Å². The molecule has 2 aromatic carbocycles. The van der Waals surface area contributed by atoms with Gasteiger partial charge >= 0.3 is 11.9 Å². The molecule has 2 aromatic rings. The van der Waals surface area contributed by atoms with E-state index in [0.717, 1.165) is 24.4 Å². The van der Waals surface area contributed by atoms with E-state index in [9.17, 15) is 0 Å². The molecule has 7 nitrogen and oxygen atoms in total. The molecule has 154 valence electrons. The van der Waals surface area contributed by atoms with Gasteiger partial charge < -0.3 is 25.0 Å². The number of nitrogens with one attached hydrogen (secondary N) is 1. The normalized spacial score (nSPS) is 9.55. The van der Waals surface area contributed by atoms with Crippen molar-refractivity contribution in [2.45, 2.75) is 26.9 Å². The first-order valence-corrected chi connectivity index (χ1v) is 8.91. The number of benzene rings is 2. The molecule has 0 heterocycles. The first kappa shape index (κ1) is 23.5. The Morgan fingerprint density at radius 2 is 1.55 bits per heavy atom. The molecule has 0 bridgehead atoms. The molecule has 0 aliphatic carbocycles. The molecule has 0 spiro atoms. The molecule has 7 heteroatoms. The molecule has 0 saturated carbocycles. The van der Waals surface area contributed by atoms with Crippen LogP contribution in [-0.4, -0.2) is 35.4 Å². The zero-order valence-electron chi connectivity index (χ0n) is 16.5. The molecule has 0 radical (unpaired) electrons. The molecule has 0 saturated heterocycles. The topological polar surface area (TPSA) is 105 Å². The second-order valence-corrected chi connectivity index (χ2v) is 5.91. The maximum absolute atomic E-state index is 9.10. The second-order valence-electron chi connectivity index (χ2n) is 5.91. The van der Waals surface area contributed by atoms with Gasteiger partial charge in [0.2, 0.25) is 0 Å². The number of ether oxygens (including phenoxy) is 2. The highest BCUT2D eigenvalue weighted by atomic mass is 16.5. The minimum atomic E-state index is -1.82. The minimum Gasteiger partial charge on any atom is -0.490 e. The van der Waals surface area contributed by atoms with Gasteiger partial charge in [0, 0.05) is 13.1 Å². The van der Waals surface area contributed by atoms with Crippen molar-refractivity contribution >= 4 is 11.9 Å². The third kappa shape index (κ3) is 9.31. The summed E-state index contributed by atoms with van der Waals surface area (Å²) >= 11 is 0. The van der Waals surface area contributed by atoms with Crippen LogP contribution in [-0.2, 0) is 22.7 Å². The van der Waals surface area contributed by atoms with Crippen LogP contribution in [0.3, 0.4) is 0 Å². The van der Waals surface area contributed by atoms with E-state index in [-0.39, 0.29) is 6.61 Å². The number of carboxylic acid groups (broad SMARTS) is 2. The molecule has 0 amide bonds. The number of carbonyl (C=O) groups is 2. The van der Waals surface area contributed by atoms with E-state index in [2.05, 4.69) is 42.4 Å². The van der Waals surface area contributed by atoms with E-state index >= 15 is 0 Å². The number of rotatable bonds is 8. The fourth-order valence-electron chi connectivity index (χ4n) is 2.23. The second kappa shape index (κ2) is 12.8. The Balaban J connectivity index is 0.000000612. The van der Waals surface area contributed by atoms with Crippen LogP contribution in [0.1, 0.15) is 23.6 Å². The Morgan fingerprint density at radius 1 is 0.966 bits per heavy atom. The SMILES string of the molecule is C#CCOc1ccc(CNCc2ccc(C)cc2)cc1OCC.O=C(O)C(=O)O. The van der Waals surface area contributed by atoms with Crippen molar-refractivity contribution in [3.05, 3.63) is 59.2 Å². The maximum atomic E-state index is 9.10. The summed E-state index contributed by atoms with van der Waals surface area (Å²) in [6.07, 6.45) is 5.23. The van der Waals surface area contributed by atoms with E-state index in [0.29, 0.717) is 12.4 Å². The third-order valence-electron chi connectivity index (χ3n) is 3.58. The lowest BCUT2D eigenvalue weighted by Crippen LogP contribution is -2.13. The number of hydrogen-bond donors (Lipinski definition) is 3. The molecule has 0 aliphatic heterocycles. The zero-order chi connectivity index (χ0) is 21.6. The van der Waals surface area contributed by atoms with Crippen molar-refractivity contribution in [3.8, 4) is 23.8 Å². The summed E-state index contributed by atoms with van der Waals surface area (Å²) in [5.74, 6) is 0.239. The standard InChI is InChI=1S/C20H23NO2.C2H2O4/c1-4-12-23-19-11-10-18(13-20(19)22-5-2)15-21-14-17-8-6-16(3)7-9-17;3-1(4)2(5)6/h1,6-11,13,21H,5,12,14-15H2,2-3H3;(H,3,4)(H,5,6). The predicted molar refractivity (Wildman–Crippen MR) is 109 cm³/mol. The molecular formula is C22H25NO6. The van der Waals surface area contributed by atoms with Crippen molar-refractivity contribution in [2.24, 2.45) is 0 Å². The maximum Gasteiger partial charge on any atom is 0.414 e. The highest BCUT2D eigenvalue weighted by Gasteiger charge is 2.06. The lowest BCUT2D eigenvalue weighted by Gasteiger charge is -2.12. The van der Waals surface area contributed by atoms with Crippen molar-refractivity contribution < 1.29 is 29.3 Å². The Hall–Kier alpha value is -3.50. The zero-order valence-corrected chi connectivity index (χ0v) is 16.5. The summed E-state index contributed by atoms with van der Waals surface area (Å²) in [6.45, 7) is 6.48. The van der Waals surface area contributed by atoms with Crippen LogP contribution in [0, 0.1) is 19.3 Å². The molecule has 29 heavy (non-hydrogen) atoms. The fraction of sp³-hybridized carbons (Fsp3) is 0.273. The Morgan fingerprint density at radius 3 is 2.10 bits per heavy atom. The van der Waals surface area contributed by atoms with Crippen LogP contribution in [0.4, 0.5) is 0 Å². The summed E-state index contributed by atoms with van der Waals surface area (Å²) in [5, 5.41) is 18.2. The average Bonchev–Trinajstić information content (AvgIpc) is 2.69. The van der Waals surface area contributed by atoms with Crippen LogP contribution in [0.25, 0.3) is 0 Å².